The van der Waals surface area contributed by atoms with Crippen molar-refractivity contribution in [1.29, 1.82) is 0 Å². The summed E-state index contributed by atoms with van der Waals surface area (Å²) >= 11 is 0. The molecule has 0 aliphatic heterocycles. The summed E-state index contributed by atoms with van der Waals surface area (Å²) < 4.78 is 5.87. The molecule has 0 fully saturated rings. The number of benzene rings is 1. The highest BCUT2D eigenvalue weighted by Gasteiger charge is 2.15. The maximum atomic E-state index is 9.20. The summed E-state index contributed by atoms with van der Waals surface area (Å²) in [5.74, 6) is 0.958. The molecule has 0 saturated carbocycles. The second kappa shape index (κ2) is 5.50. The molecule has 2 nitrogen and oxygen atoms in total. The van der Waals surface area contributed by atoms with Gasteiger partial charge in [0.15, 0.2) is 0 Å². The van der Waals surface area contributed by atoms with Crippen LogP contribution < -0.4 is 4.43 Å². The SMILES string of the molecule is CC(O)CCc1ccc(O[Si](C)(C)C)cc1. The first-order valence-corrected chi connectivity index (χ1v) is 9.24. The monoisotopic (exact) mass is 238 g/mol. The van der Waals surface area contributed by atoms with E-state index in [1.54, 1.807) is 0 Å². The van der Waals surface area contributed by atoms with Crippen LogP contribution in [0.1, 0.15) is 18.9 Å². The van der Waals surface area contributed by atoms with Gasteiger partial charge in [-0.15, -0.1) is 0 Å². The van der Waals surface area contributed by atoms with Crippen molar-refractivity contribution in [1.82, 2.24) is 0 Å². The van der Waals surface area contributed by atoms with Crippen molar-refractivity contribution in [2.75, 3.05) is 0 Å². The molecule has 1 atom stereocenters. The van der Waals surface area contributed by atoms with Gasteiger partial charge in [0, 0.05) is 0 Å². The van der Waals surface area contributed by atoms with Gasteiger partial charge in [-0.3, -0.25) is 0 Å². The number of aliphatic hydroxyl groups excluding tert-OH is 1. The largest absolute Gasteiger partial charge is 0.544 e. The average molecular weight is 238 g/mol. The Bertz CT molecular complexity index is 312. The zero-order valence-electron chi connectivity index (χ0n) is 10.7. The topological polar surface area (TPSA) is 29.5 Å². The van der Waals surface area contributed by atoms with Crippen LogP contribution in [-0.4, -0.2) is 19.5 Å². The van der Waals surface area contributed by atoms with Crippen molar-refractivity contribution in [2.45, 2.75) is 45.5 Å². The lowest BCUT2D eigenvalue weighted by Crippen LogP contribution is -2.29. The van der Waals surface area contributed by atoms with Crippen LogP contribution in [0.15, 0.2) is 24.3 Å². The van der Waals surface area contributed by atoms with Crippen LogP contribution in [0.2, 0.25) is 19.6 Å². The van der Waals surface area contributed by atoms with Gasteiger partial charge < -0.3 is 9.53 Å². The third-order valence-electron chi connectivity index (χ3n) is 2.20. The molecule has 0 saturated heterocycles. The molecule has 0 bridgehead atoms. The second-order valence-electron chi connectivity index (χ2n) is 5.25. The summed E-state index contributed by atoms with van der Waals surface area (Å²) in [4.78, 5) is 0. The molecule has 0 aromatic heterocycles. The second-order valence-corrected chi connectivity index (χ2v) is 9.67. The fraction of sp³-hybridized carbons (Fsp3) is 0.538. The fourth-order valence-corrected chi connectivity index (χ4v) is 2.30. The third-order valence-corrected chi connectivity index (χ3v) is 3.05. The van der Waals surface area contributed by atoms with E-state index in [1.165, 1.54) is 5.56 Å². The molecule has 1 unspecified atom stereocenters. The van der Waals surface area contributed by atoms with E-state index >= 15 is 0 Å². The molecule has 0 aliphatic rings. The van der Waals surface area contributed by atoms with Gasteiger partial charge in [0.1, 0.15) is 5.75 Å². The van der Waals surface area contributed by atoms with Crippen LogP contribution in [0.5, 0.6) is 5.75 Å². The van der Waals surface area contributed by atoms with Gasteiger partial charge in [-0.05, 0) is 57.1 Å². The van der Waals surface area contributed by atoms with Crippen LogP contribution >= 0.6 is 0 Å². The summed E-state index contributed by atoms with van der Waals surface area (Å²) in [6.07, 6.45) is 1.51. The van der Waals surface area contributed by atoms with Crippen LogP contribution in [0.4, 0.5) is 0 Å². The molecule has 3 heteroatoms. The summed E-state index contributed by atoms with van der Waals surface area (Å²) in [7, 11) is -1.49. The minimum atomic E-state index is -1.49. The van der Waals surface area contributed by atoms with Crippen molar-refractivity contribution in [3.8, 4) is 5.75 Å². The molecular formula is C13H22O2Si. The van der Waals surface area contributed by atoms with E-state index < -0.39 is 8.32 Å². The van der Waals surface area contributed by atoms with E-state index in [0.717, 1.165) is 18.6 Å². The summed E-state index contributed by atoms with van der Waals surface area (Å²) in [5, 5.41) is 9.20. The number of aliphatic hydroxyl groups is 1. The van der Waals surface area contributed by atoms with E-state index in [0.29, 0.717) is 0 Å². The molecule has 90 valence electrons. The standard InChI is InChI=1S/C13H22O2Si/c1-11(14)5-6-12-7-9-13(10-8-12)15-16(2,3)4/h7-11,14H,5-6H2,1-4H3. The molecule has 0 aliphatic carbocycles. The van der Waals surface area contributed by atoms with E-state index in [1.807, 2.05) is 19.1 Å². The predicted octanol–water partition coefficient (Wildman–Crippen LogP) is 3.21. The molecule has 16 heavy (non-hydrogen) atoms. The molecule has 1 aromatic rings. The van der Waals surface area contributed by atoms with E-state index in [2.05, 4.69) is 31.8 Å². The van der Waals surface area contributed by atoms with Crippen LogP contribution in [0, 0.1) is 0 Å². The van der Waals surface area contributed by atoms with Gasteiger partial charge in [-0.1, -0.05) is 12.1 Å². The van der Waals surface area contributed by atoms with E-state index in [9.17, 15) is 5.11 Å². The Morgan fingerprint density at radius 2 is 1.75 bits per heavy atom. The summed E-state index contributed by atoms with van der Waals surface area (Å²) in [5.41, 5.74) is 1.25. The lowest BCUT2D eigenvalue weighted by atomic mass is 10.1. The first-order valence-electron chi connectivity index (χ1n) is 5.83. The molecule has 1 aromatic carbocycles. The average Bonchev–Trinajstić information content (AvgIpc) is 2.14. The van der Waals surface area contributed by atoms with Gasteiger partial charge in [-0.25, -0.2) is 0 Å². The van der Waals surface area contributed by atoms with E-state index in [4.69, 9.17) is 4.43 Å². The summed E-state index contributed by atoms with van der Waals surface area (Å²) in [6, 6.07) is 8.21. The van der Waals surface area contributed by atoms with Gasteiger partial charge in [0.25, 0.3) is 0 Å². The normalized spacial score (nSPS) is 13.6. The molecule has 0 heterocycles. The van der Waals surface area contributed by atoms with Crippen molar-refractivity contribution < 1.29 is 9.53 Å². The molecule has 0 spiro atoms. The number of hydrogen-bond donors (Lipinski definition) is 1. The molecule has 0 radical (unpaired) electrons. The zero-order chi connectivity index (χ0) is 12.2. The molecule has 0 amide bonds. The minimum Gasteiger partial charge on any atom is -0.544 e. The predicted molar refractivity (Wildman–Crippen MR) is 70.4 cm³/mol. The Hall–Kier alpha value is -0.803. The Morgan fingerprint density at radius 1 is 1.19 bits per heavy atom. The number of hydrogen-bond acceptors (Lipinski definition) is 2. The molecular weight excluding hydrogens is 216 g/mol. The Kier molecular flexibility index (Phi) is 4.56. The first-order chi connectivity index (χ1) is 7.37. The lowest BCUT2D eigenvalue weighted by Gasteiger charge is -2.19. The lowest BCUT2D eigenvalue weighted by molar-refractivity contribution is 0.185. The molecule has 1 rings (SSSR count). The molecule has 1 N–H and O–H groups in total. The van der Waals surface area contributed by atoms with Crippen molar-refractivity contribution in [3.63, 3.8) is 0 Å². The minimum absolute atomic E-state index is 0.224. The number of rotatable bonds is 5. The fourth-order valence-electron chi connectivity index (χ4n) is 1.45. The van der Waals surface area contributed by atoms with Gasteiger partial charge in [0.05, 0.1) is 6.10 Å². The quantitative estimate of drug-likeness (QED) is 0.798. The van der Waals surface area contributed by atoms with Crippen LogP contribution in [0.3, 0.4) is 0 Å². The highest BCUT2D eigenvalue weighted by Crippen LogP contribution is 2.17. The van der Waals surface area contributed by atoms with Crippen LogP contribution in [0.25, 0.3) is 0 Å². The van der Waals surface area contributed by atoms with E-state index in [-0.39, 0.29) is 6.10 Å². The highest BCUT2D eigenvalue weighted by atomic mass is 28.4. The summed E-state index contributed by atoms with van der Waals surface area (Å²) in [6.45, 7) is 8.35. The smallest absolute Gasteiger partial charge is 0.242 e. The third kappa shape index (κ3) is 5.33. The van der Waals surface area contributed by atoms with Gasteiger partial charge >= 0.3 is 0 Å². The van der Waals surface area contributed by atoms with Crippen molar-refractivity contribution in [2.24, 2.45) is 0 Å². The van der Waals surface area contributed by atoms with Crippen molar-refractivity contribution >= 4 is 8.32 Å². The Balaban J connectivity index is 2.54. The Labute approximate surface area is 99.4 Å². The Morgan fingerprint density at radius 3 is 2.19 bits per heavy atom. The van der Waals surface area contributed by atoms with Gasteiger partial charge in [0.2, 0.25) is 8.32 Å². The maximum absolute atomic E-state index is 9.20. The first kappa shape index (κ1) is 13.3. The maximum Gasteiger partial charge on any atom is 0.242 e. The van der Waals surface area contributed by atoms with Gasteiger partial charge in [-0.2, -0.15) is 0 Å². The highest BCUT2D eigenvalue weighted by molar-refractivity contribution is 6.70. The zero-order valence-corrected chi connectivity index (χ0v) is 11.7. The van der Waals surface area contributed by atoms with Crippen molar-refractivity contribution in [3.05, 3.63) is 29.8 Å². The number of aryl methyl sites for hydroxylation is 1. The van der Waals surface area contributed by atoms with Crippen LogP contribution in [-0.2, 0) is 6.42 Å².